The van der Waals surface area contributed by atoms with Gasteiger partial charge in [-0.25, -0.2) is 22.9 Å². The Labute approximate surface area is 155 Å². The summed E-state index contributed by atoms with van der Waals surface area (Å²) in [5, 5.41) is 20.9. The summed E-state index contributed by atoms with van der Waals surface area (Å²) in [4.78, 5) is 28.8. The Morgan fingerprint density at radius 2 is 2.04 bits per heavy atom. The van der Waals surface area contributed by atoms with Crippen molar-refractivity contribution < 1.29 is 28.2 Å². The standard InChI is InChI=1S/C16H20N4O6S/c1-10-12(20-13(16(23)24)7-11-8-17-9-18-11)3-2-4-14(10)27(25,26)19-6-5-15(21)22/h2-4,8-9,13,19-20H,5-7H2,1H3,(H,17,18)(H,21,22)(H,23,24)/t13-/m0/s1. The van der Waals surface area contributed by atoms with Gasteiger partial charge in [0.1, 0.15) is 6.04 Å². The SMILES string of the molecule is Cc1c(N[C@@H](Cc2c[nH]cn2)C(=O)O)cccc1S(=O)(=O)NCCC(=O)O. The van der Waals surface area contributed by atoms with Crippen molar-refractivity contribution in [3.63, 3.8) is 0 Å². The number of hydrogen-bond acceptors (Lipinski definition) is 6. The molecule has 0 aliphatic heterocycles. The summed E-state index contributed by atoms with van der Waals surface area (Å²) in [6.45, 7) is 1.30. The second kappa shape index (κ2) is 8.64. The van der Waals surface area contributed by atoms with Gasteiger partial charge in [0.15, 0.2) is 0 Å². The van der Waals surface area contributed by atoms with Crippen molar-refractivity contribution in [3.8, 4) is 0 Å². The van der Waals surface area contributed by atoms with Crippen LogP contribution < -0.4 is 10.0 Å². The number of aliphatic carboxylic acids is 2. The lowest BCUT2D eigenvalue weighted by Crippen LogP contribution is -2.32. The Balaban J connectivity index is 2.21. The summed E-state index contributed by atoms with van der Waals surface area (Å²) < 4.78 is 27.0. The van der Waals surface area contributed by atoms with E-state index < -0.39 is 28.0 Å². The molecule has 2 rings (SSSR count). The molecule has 1 atom stereocenters. The van der Waals surface area contributed by atoms with Crippen LogP contribution in [0.2, 0.25) is 0 Å². The van der Waals surface area contributed by atoms with Crippen LogP contribution >= 0.6 is 0 Å². The molecule has 0 spiro atoms. The molecule has 1 aromatic heterocycles. The molecular formula is C16H20N4O6S. The number of nitrogens with one attached hydrogen (secondary N) is 3. The lowest BCUT2D eigenvalue weighted by atomic mass is 10.1. The first-order valence-electron chi connectivity index (χ1n) is 7.99. The number of carboxylic acids is 2. The lowest BCUT2D eigenvalue weighted by molar-refractivity contribution is -0.138. The van der Waals surface area contributed by atoms with E-state index in [-0.39, 0.29) is 24.3 Å². The molecule has 5 N–H and O–H groups in total. The molecule has 0 aliphatic rings. The number of aromatic nitrogens is 2. The summed E-state index contributed by atoms with van der Waals surface area (Å²) in [7, 11) is -3.93. The number of aromatic amines is 1. The molecule has 0 saturated heterocycles. The molecule has 1 heterocycles. The van der Waals surface area contributed by atoms with Gasteiger partial charge in [-0.2, -0.15) is 0 Å². The van der Waals surface area contributed by atoms with Gasteiger partial charge in [-0.15, -0.1) is 0 Å². The average Bonchev–Trinajstić information content (AvgIpc) is 3.08. The molecule has 0 amide bonds. The van der Waals surface area contributed by atoms with Gasteiger partial charge in [-0.3, -0.25) is 4.79 Å². The molecule has 11 heteroatoms. The summed E-state index contributed by atoms with van der Waals surface area (Å²) in [6, 6.07) is 3.42. The fraction of sp³-hybridized carbons (Fsp3) is 0.312. The highest BCUT2D eigenvalue weighted by Gasteiger charge is 2.23. The first kappa shape index (κ1) is 20.4. The zero-order valence-electron chi connectivity index (χ0n) is 14.5. The smallest absolute Gasteiger partial charge is 0.326 e. The number of benzene rings is 1. The van der Waals surface area contributed by atoms with Crippen LogP contribution in [0.15, 0.2) is 35.6 Å². The number of imidazole rings is 1. The molecule has 0 unspecified atom stereocenters. The first-order valence-corrected chi connectivity index (χ1v) is 9.47. The quantitative estimate of drug-likeness (QED) is 0.389. The van der Waals surface area contributed by atoms with Crippen molar-refractivity contribution in [1.82, 2.24) is 14.7 Å². The maximum atomic E-state index is 12.4. The van der Waals surface area contributed by atoms with Crippen LogP contribution in [-0.2, 0) is 26.0 Å². The van der Waals surface area contributed by atoms with Gasteiger partial charge in [0, 0.05) is 24.8 Å². The number of carboxylic acid groups (broad SMARTS) is 2. The molecule has 10 nitrogen and oxygen atoms in total. The van der Waals surface area contributed by atoms with E-state index in [0.717, 1.165) is 0 Å². The average molecular weight is 396 g/mol. The molecule has 0 aliphatic carbocycles. The summed E-state index contributed by atoms with van der Waals surface area (Å²) in [5.74, 6) is -2.22. The Morgan fingerprint density at radius 3 is 2.63 bits per heavy atom. The first-order chi connectivity index (χ1) is 12.7. The highest BCUT2D eigenvalue weighted by molar-refractivity contribution is 7.89. The van der Waals surface area contributed by atoms with Crippen LogP contribution in [0.5, 0.6) is 0 Å². The van der Waals surface area contributed by atoms with E-state index in [2.05, 4.69) is 20.0 Å². The fourth-order valence-electron chi connectivity index (χ4n) is 2.43. The lowest BCUT2D eigenvalue weighted by Gasteiger charge is -2.18. The number of H-pyrrole nitrogens is 1. The van der Waals surface area contributed by atoms with E-state index in [1.165, 1.54) is 18.5 Å². The predicted molar refractivity (Wildman–Crippen MR) is 96.0 cm³/mol. The Bertz CT molecular complexity index is 911. The van der Waals surface area contributed by atoms with E-state index >= 15 is 0 Å². The second-order valence-electron chi connectivity index (χ2n) is 5.77. The van der Waals surface area contributed by atoms with Gasteiger partial charge in [0.05, 0.1) is 23.3 Å². The molecule has 0 radical (unpaired) electrons. The van der Waals surface area contributed by atoms with Crippen LogP contribution in [0.3, 0.4) is 0 Å². The van der Waals surface area contributed by atoms with Crippen molar-refractivity contribution in [1.29, 1.82) is 0 Å². The van der Waals surface area contributed by atoms with Gasteiger partial charge in [-0.1, -0.05) is 6.07 Å². The molecule has 0 saturated carbocycles. The van der Waals surface area contributed by atoms with Gasteiger partial charge >= 0.3 is 11.9 Å². The topological polar surface area (TPSA) is 161 Å². The normalized spacial score (nSPS) is 12.5. The van der Waals surface area contributed by atoms with E-state index in [1.54, 1.807) is 19.2 Å². The molecule has 27 heavy (non-hydrogen) atoms. The van der Waals surface area contributed by atoms with Gasteiger partial charge in [0.2, 0.25) is 10.0 Å². The predicted octanol–water partition coefficient (Wildman–Crippen LogP) is 0.579. The Kier molecular flexibility index (Phi) is 6.53. The van der Waals surface area contributed by atoms with Crippen LogP contribution in [-0.4, -0.2) is 53.1 Å². The number of rotatable bonds is 10. The second-order valence-corrected chi connectivity index (χ2v) is 7.51. The third-order valence-corrected chi connectivity index (χ3v) is 5.41. The van der Waals surface area contributed by atoms with E-state index in [0.29, 0.717) is 16.9 Å². The minimum Gasteiger partial charge on any atom is -0.481 e. The minimum atomic E-state index is -3.93. The van der Waals surface area contributed by atoms with E-state index in [9.17, 15) is 23.1 Å². The van der Waals surface area contributed by atoms with Crippen molar-refractivity contribution >= 4 is 27.6 Å². The van der Waals surface area contributed by atoms with Crippen molar-refractivity contribution in [2.45, 2.75) is 30.7 Å². The Hall–Kier alpha value is -2.92. The van der Waals surface area contributed by atoms with Crippen LogP contribution in [0.4, 0.5) is 5.69 Å². The maximum absolute atomic E-state index is 12.4. The van der Waals surface area contributed by atoms with Gasteiger partial charge < -0.3 is 20.5 Å². The fourth-order valence-corrected chi connectivity index (χ4v) is 3.73. The highest BCUT2D eigenvalue weighted by Crippen LogP contribution is 2.24. The molecule has 146 valence electrons. The monoisotopic (exact) mass is 396 g/mol. The minimum absolute atomic E-state index is 0.0539. The zero-order chi connectivity index (χ0) is 20.0. The maximum Gasteiger partial charge on any atom is 0.326 e. The molecule has 2 aromatic rings. The molecule has 1 aromatic carbocycles. The third-order valence-electron chi connectivity index (χ3n) is 3.80. The summed E-state index contributed by atoms with van der Waals surface area (Å²) >= 11 is 0. The number of sulfonamides is 1. The molecule has 0 bridgehead atoms. The Morgan fingerprint density at radius 1 is 1.30 bits per heavy atom. The number of hydrogen-bond donors (Lipinski definition) is 5. The molecule has 0 fully saturated rings. The number of nitrogens with zero attached hydrogens (tertiary/aromatic N) is 1. The van der Waals surface area contributed by atoms with Crippen LogP contribution in [0, 0.1) is 6.92 Å². The van der Waals surface area contributed by atoms with Gasteiger partial charge in [0.25, 0.3) is 0 Å². The number of carbonyl (C=O) groups is 2. The highest BCUT2D eigenvalue weighted by atomic mass is 32.2. The molecular weight excluding hydrogens is 376 g/mol. The zero-order valence-corrected chi connectivity index (χ0v) is 15.3. The van der Waals surface area contributed by atoms with Crippen LogP contribution in [0.1, 0.15) is 17.7 Å². The van der Waals surface area contributed by atoms with Gasteiger partial charge in [-0.05, 0) is 24.6 Å². The van der Waals surface area contributed by atoms with Crippen molar-refractivity contribution in [2.24, 2.45) is 0 Å². The number of anilines is 1. The van der Waals surface area contributed by atoms with Crippen LogP contribution in [0.25, 0.3) is 0 Å². The van der Waals surface area contributed by atoms with Crippen molar-refractivity contribution in [3.05, 3.63) is 42.0 Å². The van der Waals surface area contributed by atoms with E-state index in [1.807, 2.05) is 0 Å². The largest absolute Gasteiger partial charge is 0.481 e. The third kappa shape index (κ3) is 5.53. The van der Waals surface area contributed by atoms with Crippen molar-refractivity contribution in [2.75, 3.05) is 11.9 Å². The summed E-state index contributed by atoms with van der Waals surface area (Å²) in [6.07, 6.45) is 2.78. The summed E-state index contributed by atoms with van der Waals surface area (Å²) in [5.41, 5.74) is 1.22. The van der Waals surface area contributed by atoms with E-state index in [4.69, 9.17) is 5.11 Å².